The van der Waals surface area contributed by atoms with Crippen LogP contribution in [0.5, 0.6) is 0 Å². The van der Waals surface area contributed by atoms with Crippen molar-refractivity contribution in [3.8, 4) is 0 Å². The van der Waals surface area contributed by atoms with Crippen molar-refractivity contribution >= 4 is 28.5 Å². The van der Waals surface area contributed by atoms with Crippen LogP contribution in [0.4, 0.5) is 5.95 Å². The zero-order chi connectivity index (χ0) is 11.3. The van der Waals surface area contributed by atoms with Gasteiger partial charge in [-0.2, -0.15) is 0 Å². The topological polar surface area (TPSA) is 63.8 Å². The maximum absolute atomic E-state index is 6.15. The van der Waals surface area contributed by atoms with Crippen molar-refractivity contribution in [1.82, 2.24) is 9.97 Å². The number of nitrogens with zero attached hydrogens (tertiary/aromatic N) is 2. The molecular formula is C10H17IN4. The van der Waals surface area contributed by atoms with Gasteiger partial charge in [0.1, 0.15) is 0 Å². The second-order valence-corrected chi connectivity index (χ2v) is 4.89. The molecule has 1 heterocycles. The molecule has 1 aromatic heterocycles. The lowest BCUT2D eigenvalue weighted by Crippen LogP contribution is -2.45. The van der Waals surface area contributed by atoms with Crippen LogP contribution in [0.3, 0.4) is 0 Å². The van der Waals surface area contributed by atoms with E-state index in [1.807, 2.05) is 0 Å². The molecule has 0 radical (unpaired) electrons. The highest BCUT2D eigenvalue weighted by Crippen LogP contribution is 2.12. The first-order chi connectivity index (χ1) is 7.09. The predicted octanol–water partition coefficient (Wildman–Crippen LogP) is 2.01. The van der Waals surface area contributed by atoms with Crippen molar-refractivity contribution < 1.29 is 0 Å². The van der Waals surface area contributed by atoms with Gasteiger partial charge in [0.25, 0.3) is 0 Å². The first kappa shape index (κ1) is 12.6. The summed E-state index contributed by atoms with van der Waals surface area (Å²) in [6.07, 6.45) is 5.46. The molecule has 0 spiro atoms. The average Bonchev–Trinajstić information content (AvgIpc) is 2.28. The van der Waals surface area contributed by atoms with Crippen LogP contribution in [0, 0.1) is 3.57 Å². The maximum atomic E-state index is 6.15. The van der Waals surface area contributed by atoms with Crippen molar-refractivity contribution in [1.29, 1.82) is 0 Å². The largest absolute Gasteiger partial charge is 0.352 e. The summed E-state index contributed by atoms with van der Waals surface area (Å²) in [6.45, 7) is 4.90. The van der Waals surface area contributed by atoms with Crippen LogP contribution in [0.1, 0.15) is 26.7 Å². The summed E-state index contributed by atoms with van der Waals surface area (Å²) < 4.78 is 1.03. The van der Waals surface area contributed by atoms with E-state index in [0.717, 1.165) is 16.4 Å². The van der Waals surface area contributed by atoms with E-state index >= 15 is 0 Å². The lowest BCUT2D eigenvalue weighted by Gasteiger charge is -2.26. The van der Waals surface area contributed by atoms with E-state index in [1.54, 1.807) is 12.4 Å². The molecule has 5 heteroatoms. The minimum absolute atomic E-state index is 0.160. The molecule has 1 rings (SSSR count). The minimum Gasteiger partial charge on any atom is -0.352 e. The lowest BCUT2D eigenvalue weighted by molar-refractivity contribution is 0.417. The molecule has 0 unspecified atom stereocenters. The van der Waals surface area contributed by atoms with Crippen molar-refractivity contribution in [2.75, 3.05) is 11.9 Å². The Labute approximate surface area is 104 Å². The normalized spacial score (nSPS) is 11.5. The molecule has 0 saturated heterocycles. The molecule has 15 heavy (non-hydrogen) atoms. The highest BCUT2D eigenvalue weighted by molar-refractivity contribution is 14.1. The Morgan fingerprint density at radius 1 is 1.33 bits per heavy atom. The number of anilines is 1. The summed E-state index contributed by atoms with van der Waals surface area (Å²) in [5.41, 5.74) is 5.99. The van der Waals surface area contributed by atoms with Crippen LogP contribution < -0.4 is 11.1 Å². The standard InChI is InChI=1S/C10H17IN4/c1-3-10(12,4-2)7-15-9-13-5-8(11)6-14-9/h5-6H,3-4,7,12H2,1-2H3,(H,13,14,15). The predicted molar refractivity (Wildman–Crippen MR) is 70.7 cm³/mol. The number of rotatable bonds is 5. The lowest BCUT2D eigenvalue weighted by atomic mass is 9.94. The molecule has 84 valence electrons. The molecular weight excluding hydrogens is 303 g/mol. The molecule has 3 N–H and O–H groups in total. The Balaban J connectivity index is 2.53. The fraction of sp³-hybridized carbons (Fsp3) is 0.600. The van der Waals surface area contributed by atoms with Gasteiger partial charge in [-0.05, 0) is 35.4 Å². The second-order valence-electron chi connectivity index (χ2n) is 3.65. The third-order valence-electron chi connectivity index (χ3n) is 2.63. The van der Waals surface area contributed by atoms with Gasteiger partial charge in [0.2, 0.25) is 5.95 Å². The van der Waals surface area contributed by atoms with Crippen LogP contribution in [-0.2, 0) is 0 Å². The molecule has 0 aliphatic rings. The summed E-state index contributed by atoms with van der Waals surface area (Å²) in [4.78, 5) is 8.33. The summed E-state index contributed by atoms with van der Waals surface area (Å²) >= 11 is 2.18. The van der Waals surface area contributed by atoms with Gasteiger partial charge in [0.15, 0.2) is 0 Å². The van der Waals surface area contributed by atoms with E-state index in [2.05, 4.69) is 51.7 Å². The number of nitrogens with two attached hydrogens (primary N) is 1. The molecule has 0 atom stereocenters. The molecule has 1 aromatic rings. The summed E-state index contributed by atoms with van der Waals surface area (Å²) in [7, 11) is 0. The van der Waals surface area contributed by atoms with E-state index in [-0.39, 0.29) is 5.54 Å². The van der Waals surface area contributed by atoms with Gasteiger partial charge in [-0.25, -0.2) is 9.97 Å². The smallest absolute Gasteiger partial charge is 0.222 e. The number of aromatic nitrogens is 2. The Bertz CT molecular complexity index is 295. The van der Waals surface area contributed by atoms with Crippen LogP contribution in [0.25, 0.3) is 0 Å². The van der Waals surface area contributed by atoms with Crippen LogP contribution >= 0.6 is 22.6 Å². The molecule has 0 aliphatic heterocycles. The Morgan fingerprint density at radius 3 is 2.33 bits per heavy atom. The fourth-order valence-corrected chi connectivity index (χ4v) is 1.44. The monoisotopic (exact) mass is 320 g/mol. The summed E-state index contributed by atoms with van der Waals surface area (Å²) in [6, 6.07) is 0. The van der Waals surface area contributed by atoms with E-state index in [1.165, 1.54) is 0 Å². The highest BCUT2D eigenvalue weighted by Gasteiger charge is 2.19. The molecule has 0 aromatic carbocycles. The SMILES string of the molecule is CCC(N)(CC)CNc1ncc(I)cn1. The first-order valence-electron chi connectivity index (χ1n) is 5.10. The maximum Gasteiger partial charge on any atom is 0.222 e. The first-order valence-corrected chi connectivity index (χ1v) is 6.18. The zero-order valence-electron chi connectivity index (χ0n) is 9.13. The summed E-state index contributed by atoms with van der Waals surface area (Å²) in [5, 5.41) is 3.16. The summed E-state index contributed by atoms with van der Waals surface area (Å²) in [5.74, 6) is 0.646. The third kappa shape index (κ3) is 3.90. The Morgan fingerprint density at radius 2 is 1.87 bits per heavy atom. The van der Waals surface area contributed by atoms with Gasteiger partial charge in [0.05, 0.1) is 0 Å². The minimum atomic E-state index is -0.160. The quantitative estimate of drug-likeness (QED) is 0.815. The highest BCUT2D eigenvalue weighted by atomic mass is 127. The Hall–Kier alpha value is -0.430. The molecule has 0 amide bonds. The number of hydrogen-bond donors (Lipinski definition) is 2. The van der Waals surface area contributed by atoms with Crippen LogP contribution in [0.2, 0.25) is 0 Å². The molecule has 0 fully saturated rings. The van der Waals surface area contributed by atoms with Gasteiger partial charge in [-0.1, -0.05) is 13.8 Å². The molecule has 0 saturated carbocycles. The fourth-order valence-electron chi connectivity index (χ4n) is 1.16. The number of nitrogens with one attached hydrogen (secondary N) is 1. The van der Waals surface area contributed by atoms with Crippen molar-refractivity contribution in [2.24, 2.45) is 5.73 Å². The molecule has 4 nitrogen and oxygen atoms in total. The van der Waals surface area contributed by atoms with Crippen LogP contribution in [0.15, 0.2) is 12.4 Å². The van der Waals surface area contributed by atoms with Crippen molar-refractivity contribution in [2.45, 2.75) is 32.2 Å². The van der Waals surface area contributed by atoms with Gasteiger partial charge >= 0.3 is 0 Å². The van der Waals surface area contributed by atoms with Gasteiger partial charge in [0, 0.05) is 28.0 Å². The van der Waals surface area contributed by atoms with Crippen molar-refractivity contribution in [3.63, 3.8) is 0 Å². The third-order valence-corrected chi connectivity index (χ3v) is 3.18. The van der Waals surface area contributed by atoms with E-state index in [0.29, 0.717) is 12.5 Å². The molecule has 0 bridgehead atoms. The zero-order valence-corrected chi connectivity index (χ0v) is 11.3. The number of halogens is 1. The number of hydrogen-bond acceptors (Lipinski definition) is 4. The Kier molecular flexibility index (Phi) is 4.72. The average molecular weight is 320 g/mol. The van der Waals surface area contributed by atoms with Crippen LogP contribution in [-0.4, -0.2) is 22.1 Å². The van der Waals surface area contributed by atoms with E-state index in [9.17, 15) is 0 Å². The van der Waals surface area contributed by atoms with Gasteiger partial charge in [-0.3, -0.25) is 0 Å². The van der Waals surface area contributed by atoms with Gasteiger partial charge in [-0.15, -0.1) is 0 Å². The van der Waals surface area contributed by atoms with Gasteiger partial charge < -0.3 is 11.1 Å². The van der Waals surface area contributed by atoms with E-state index in [4.69, 9.17) is 5.73 Å². The molecule has 0 aliphatic carbocycles. The second kappa shape index (κ2) is 5.60. The van der Waals surface area contributed by atoms with E-state index < -0.39 is 0 Å². The van der Waals surface area contributed by atoms with Crippen molar-refractivity contribution in [3.05, 3.63) is 16.0 Å².